The summed E-state index contributed by atoms with van der Waals surface area (Å²) < 4.78 is 10.8. The third kappa shape index (κ3) is 2.45. The molecule has 0 saturated heterocycles. The van der Waals surface area contributed by atoms with Crippen molar-refractivity contribution < 1.29 is 14.3 Å². The summed E-state index contributed by atoms with van der Waals surface area (Å²) in [6.07, 6.45) is 0.921. The molecule has 0 bridgehead atoms. The molecule has 4 heteroatoms. The van der Waals surface area contributed by atoms with Crippen molar-refractivity contribution in [2.24, 2.45) is 5.92 Å². The number of nitrogens with zero attached hydrogens (tertiary/aromatic N) is 1. The monoisotopic (exact) mass is 245 g/mol. The van der Waals surface area contributed by atoms with Gasteiger partial charge in [0.1, 0.15) is 13.2 Å². The molecule has 1 atom stereocenters. The van der Waals surface area contributed by atoms with Gasteiger partial charge in [0.25, 0.3) is 0 Å². The molecular formula is C14H15NO3. The number of benzene rings is 1. The fourth-order valence-electron chi connectivity index (χ4n) is 1.96. The summed E-state index contributed by atoms with van der Waals surface area (Å²) in [6, 6.07) is 7.24. The van der Waals surface area contributed by atoms with Gasteiger partial charge in [-0.3, -0.25) is 4.79 Å². The molecule has 0 amide bonds. The zero-order valence-electron chi connectivity index (χ0n) is 10.3. The van der Waals surface area contributed by atoms with E-state index in [1.807, 2.05) is 6.92 Å². The van der Waals surface area contributed by atoms with Gasteiger partial charge in [0.05, 0.1) is 6.07 Å². The van der Waals surface area contributed by atoms with Crippen molar-refractivity contribution in [3.8, 4) is 17.6 Å². The number of ether oxygens (including phenoxy) is 2. The number of ketones is 1. The minimum absolute atomic E-state index is 0.00368. The van der Waals surface area contributed by atoms with Gasteiger partial charge in [0.2, 0.25) is 0 Å². The summed E-state index contributed by atoms with van der Waals surface area (Å²) in [7, 11) is 0. The van der Waals surface area contributed by atoms with Gasteiger partial charge in [-0.2, -0.15) is 5.26 Å². The summed E-state index contributed by atoms with van der Waals surface area (Å²) >= 11 is 0. The van der Waals surface area contributed by atoms with E-state index in [1.165, 1.54) is 0 Å². The number of carbonyl (C=O) groups excluding carboxylic acids is 1. The van der Waals surface area contributed by atoms with E-state index in [-0.39, 0.29) is 18.1 Å². The standard InChI is InChI=1S/C14H15NO3/c1-2-10(5-6-15)14(16)11-3-4-12-13(9-11)18-8-7-17-12/h3-4,9-10H,2,5,7-8H2,1H3. The largest absolute Gasteiger partial charge is 0.486 e. The van der Waals surface area contributed by atoms with Crippen LogP contribution in [0.4, 0.5) is 0 Å². The molecule has 1 aromatic rings. The lowest BCUT2D eigenvalue weighted by Crippen LogP contribution is -2.17. The lowest BCUT2D eigenvalue weighted by molar-refractivity contribution is 0.0917. The lowest BCUT2D eigenvalue weighted by atomic mass is 9.92. The summed E-state index contributed by atoms with van der Waals surface area (Å²) in [6.45, 7) is 2.95. The van der Waals surface area contributed by atoms with E-state index >= 15 is 0 Å². The Kier molecular flexibility index (Phi) is 3.83. The molecule has 0 radical (unpaired) electrons. The van der Waals surface area contributed by atoms with Gasteiger partial charge in [-0.1, -0.05) is 6.92 Å². The quantitative estimate of drug-likeness (QED) is 0.765. The molecule has 0 N–H and O–H groups in total. The Morgan fingerprint density at radius 2 is 2.11 bits per heavy atom. The Labute approximate surface area is 106 Å². The lowest BCUT2D eigenvalue weighted by Gasteiger charge is -2.19. The molecule has 2 rings (SSSR count). The number of Topliss-reactive ketones (excluding diaryl/α,β-unsaturated/α-hetero) is 1. The zero-order valence-corrected chi connectivity index (χ0v) is 10.3. The molecule has 1 aliphatic heterocycles. The highest BCUT2D eigenvalue weighted by atomic mass is 16.6. The highest BCUT2D eigenvalue weighted by Gasteiger charge is 2.20. The molecule has 1 aromatic carbocycles. The first kappa shape index (κ1) is 12.4. The third-order valence-corrected chi connectivity index (χ3v) is 3.03. The first-order chi connectivity index (χ1) is 8.76. The maximum Gasteiger partial charge on any atom is 0.167 e. The van der Waals surface area contributed by atoms with Crippen LogP contribution in [0.25, 0.3) is 0 Å². The van der Waals surface area contributed by atoms with Crippen LogP contribution in [0.5, 0.6) is 11.5 Å². The Morgan fingerprint density at radius 3 is 2.78 bits per heavy atom. The Balaban J connectivity index is 2.23. The Bertz CT molecular complexity index is 490. The van der Waals surface area contributed by atoms with Crippen LogP contribution in [-0.2, 0) is 0 Å². The second kappa shape index (κ2) is 5.54. The second-order valence-corrected chi connectivity index (χ2v) is 4.19. The molecule has 18 heavy (non-hydrogen) atoms. The fraction of sp³-hybridized carbons (Fsp3) is 0.429. The summed E-state index contributed by atoms with van der Waals surface area (Å²) in [5.41, 5.74) is 0.585. The molecular weight excluding hydrogens is 230 g/mol. The molecule has 94 valence electrons. The van der Waals surface area contributed by atoms with Crippen LogP contribution in [0, 0.1) is 17.2 Å². The van der Waals surface area contributed by atoms with Crippen molar-refractivity contribution >= 4 is 5.78 Å². The fourth-order valence-corrected chi connectivity index (χ4v) is 1.96. The average Bonchev–Trinajstić information content (AvgIpc) is 2.43. The predicted molar refractivity (Wildman–Crippen MR) is 65.8 cm³/mol. The van der Waals surface area contributed by atoms with E-state index in [4.69, 9.17) is 14.7 Å². The normalized spacial score (nSPS) is 14.7. The van der Waals surface area contributed by atoms with Crippen LogP contribution >= 0.6 is 0 Å². The smallest absolute Gasteiger partial charge is 0.167 e. The molecule has 4 nitrogen and oxygen atoms in total. The van der Waals surface area contributed by atoms with Crippen LogP contribution in [-0.4, -0.2) is 19.0 Å². The first-order valence-corrected chi connectivity index (χ1v) is 6.07. The van der Waals surface area contributed by atoms with Crippen molar-refractivity contribution in [3.05, 3.63) is 23.8 Å². The Hall–Kier alpha value is -2.02. The van der Waals surface area contributed by atoms with Crippen LogP contribution in [0.15, 0.2) is 18.2 Å². The Morgan fingerprint density at radius 1 is 1.39 bits per heavy atom. The summed E-state index contributed by atoms with van der Waals surface area (Å²) in [4.78, 5) is 12.2. The number of hydrogen-bond donors (Lipinski definition) is 0. The number of carbonyl (C=O) groups is 1. The minimum Gasteiger partial charge on any atom is -0.486 e. The third-order valence-electron chi connectivity index (χ3n) is 3.03. The van der Waals surface area contributed by atoms with E-state index in [2.05, 4.69) is 6.07 Å². The van der Waals surface area contributed by atoms with Gasteiger partial charge in [-0.25, -0.2) is 0 Å². The van der Waals surface area contributed by atoms with Gasteiger partial charge in [0, 0.05) is 17.9 Å². The van der Waals surface area contributed by atoms with Crippen molar-refractivity contribution in [3.63, 3.8) is 0 Å². The highest BCUT2D eigenvalue weighted by molar-refractivity contribution is 5.98. The van der Waals surface area contributed by atoms with Gasteiger partial charge in [-0.05, 0) is 24.6 Å². The maximum absolute atomic E-state index is 12.2. The van der Waals surface area contributed by atoms with Crippen molar-refractivity contribution in [1.82, 2.24) is 0 Å². The molecule has 1 aliphatic rings. The molecule has 0 saturated carbocycles. The van der Waals surface area contributed by atoms with Gasteiger partial charge in [-0.15, -0.1) is 0 Å². The number of rotatable bonds is 4. The number of nitriles is 1. The van der Waals surface area contributed by atoms with Gasteiger partial charge >= 0.3 is 0 Å². The van der Waals surface area contributed by atoms with Crippen molar-refractivity contribution in [2.45, 2.75) is 19.8 Å². The second-order valence-electron chi connectivity index (χ2n) is 4.19. The van der Waals surface area contributed by atoms with Crippen molar-refractivity contribution in [1.29, 1.82) is 5.26 Å². The molecule has 1 unspecified atom stereocenters. The van der Waals surface area contributed by atoms with E-state index in [0.717, 1.165) is 0 Å². The van der Waals surface area contributed by atoms with Crippen LogP contribution < -0.4 is 9.47 Å². The van der Waals surface area contributed by atoms with Crippen LogP contribution in [0.2, 0.25) is 0 Å². The van der Waals surface area contributed by atoms with Gasteiger partial charge in [0.15, 0.2) is 17.3 Å². The number of fused-ring (bicyclic) bond motifs is 1. The van der Waals surface area contributed by atoms with E-state index in [9.17, 15) is 4.79 Å². The van der Waals surface area contributed by atoms with Crippen molar-refractivity contribution in [2.75, 3.05) is 13.2 Å². The molecule has 1 heterocycles. The minimum atomic E-state index is -0.238. The van der Waals surface area contributed by atoms with E-state index in [1.54, 1.807) is 18.2 Å². The predicted octanol–water partition coefficient (Wildman–Crippen LogP) is 2.58. The van der Waals surface area contributed by atoms with Crippen LogP contribution in [0.1, 0.15) is 30.1 Å². The topological polar surface area (TPSA) is 59.3 Å². The first-order valence-electron chi connectivity index (χ1n) is 6.07. The average molecular weight is 245 g/mol. The summed E-state index contributed by atoms with van der Waals surface area (Å²) in [5, 5.41) is 8.71. The highest BCUT2D eigenvalue weighted by Crippen LogP contribution is 2.31. The van der Waals surface area contributed by atoms with Crippen LogP contribution in [0.3, 0.4) is 0 Å². The van der Waals surface area contributed by atoms with E-state index < -0.39 is 0 Å². The number of hydrogen-bond acceptors (Lipinski definition) is 4. The molecule has 0 aromatic heterocycles. The van der Waals surface area contributed by atoms with E-state index in [0.29, 0.717) is 36.7 Å². The summed E-state index contributed by atoms with van der Waals surface area (Å²) in [5.74, 6) is 1.04. The SMILES string of the molecule is CCC(CC#N)C(=O)c1ccc2c(c1)OCCO2. The zero-order chi connectivity index (χ0) is 13.0. The van der Waals surface area contributed by atoms with Gasteiger partial charge < -0.3 is 9.47 Å². The molecule has 0 spiro atoms. The maximum atomic E-state index is 12.2. The molecule has 0 fully saturated rings. The molecule has 0 aliphatic carbocycles.